The number of fused-ring (bicyclic) bond motifs is 2. The lowest BCUT2D eigenvalue weighted by Crippen LogP contribution is -2.31. The van der Waals surface area contributed by atoms with E-state index in [4.69, 9.17) is 25.8 Å². The van der Waals surface area contributed by atoms with E-state index < -0.39 is 17.8 Å². The van der Waals surface area contributed by atoms with Crippen molar-refractivity contribution in [2.24, 2.45) is 0 Å². The van der Waals surface area contributed by atoms with Gasteiger partial charge in [-0.2, -0.15) is 0 Å². The summed E-state index contributed by atoms with van der Waals surface area (Å²) in [5.41, 5.74) is 0.981. The van der Waals surface area contributed by atoms with E-state index in [0.29, 0.717) is 41.0 Å². The molecule has 7 nitrogen and oxygen atoms in total. The van der Waals surface area contributed by atoms with Crippen LogP contribution in [0.5, 0.6) is 11.5 Å². The summed E-state index contributed by atoms with van der Waals surface area (Å²) in [4.78, 5) is 37.7. The van der Waals surface area contributed by atoms with Crippen LogP contribution in [-0.2, 0) is 14.3 Å². The first-order valence-corrected chi connectivity index (χ1v) is 10.6. The van der Waals surface area contributed by atoms with Crippen molar-refractivity contribution in [3.63, 3.8) is 0 Å². The fourth-order valence-electron chi connectivity index (χ4n) is 3.03. The number of amides is 1. The topological polar surface area (TPSA) is 90.9 Å². The molecule has 9 heteroatoms. The maximum Gasteiger partial charge on any atom is 0.307 e. The molecular weight excluding hydrogens is 430 g/mol. The second kappa shape index (κ2) is 8.97. The zero-order chi connectivity index (χ0) is 21.1. The van der Waals surface area contributed by atoms with Gasteiger partial charge in [-0.15, -0.1) is 11.8 Å². The zero-order valence-electron chi connectivity index (χ0n) is 15.8. The standard InChI is InChI=1S/C21H18ClNO6S/c22-13-3-5-18-14(9-13)23-21(26)19(30-18)10-20(25)29-11-15(24)12-2-4-16-17(8-12)28-7-1-6-27-16/h2-5,8-9,19H,1,6-7,10-11H2,(H,23,26). The van der Waals surface area contributed by atoms with Crippen LogP contribution in [-0.4, -0.2) is 42.7 Å². The molecule has 0 bridgehead atoms. The Balaban J connectivity index is 1.32. The molecule has 0 aromatic heterocycles. The molecule has 2 aromatic carbocycles. The predicted molar refractivity (Wildman–Crippen MR) is 112 cm³/mol. The molecule has 2 aliphatic heterocycles. The van der Waals surface area contributed by atoms with Crippen LogP contribution in [0.4, 0.5) is 5.69 Å². The molecule has 1 amide bonds. The highest BCUT2D eigenvalue weighted by atomic mass is 35.5. The molecule has 156 valence electrons. The van der Waals surface area contributed by atoms with Crippen molar-refractivity contribution in [2.45, 2.75) is 23.0 Å². The summed E-state index contributed by atoms with van der Waals surface area (Å²) >= 11 is 7.20. The number of rotatable bonds is 5. The lowest BCUT2D eigenvalue weighted by molar-refractivity contribution is -0.143. The molecule has 0 saturated carbocycles. The first-order chi connectivity index (χ1) is 14.5. The van der Waals surface area contributed by atoms with Gasteiger partial charge in [-0.25, -0.2) is 0 Å². The summed E-state index contributed by atoms with van der Waals surface area (Å²) in [5.74, 6) is -0.204. The van der Waals surface area contributed by atoms with Crippen LogP contribution in [0, 0.1) is 0 Å². The van der Waals surface area contributed by atoms with E-state index in [1.165, 1.54) is 11.8 Å². The fraction of sp³-hybridized carbons (Fsp3) is 0.286. The van der Waals surface area contributed by atoms with Gasteiger partial charge >= 0.3 is 5.97 Å². The second-order valence-corrected chi connectivity index (χ2v) is 8.42. The number of esters is 1. The van der Waals surface area contributed by atoms with Gasteiger partial charge in [0.1, 0.15) is 0 Å². The number of carbonyl (C=O) groups is 3. The quantitative estimate of drug-likeness (QED) is 0.551. The third-order valence-electron chi connectivity index (χ3n) is 4.55. The third-order valence-corrected chi connectivity index (χ3v) is 6.06. The number of thioether (sulfide) groups is 1. The van der Waals surface area contributed by atoms with E-state index >= 15 is 0 Å². The largest absolute Gasteiger partial charge is 0.490 e. The molecule has 0 fully saturated rings. The average molecular weight is 448 g/mol. The van der Waals surface area contributed by atoms with E-state index in [-0.39, 0.29) is 18.1 Å². The van der Waals surface area contributed by atoms with Crippen LogP contribution in [0.1, 0.15) is 23.2 Å². The molecule has 0 radical (unpaired) electrons. The number of Topliss-reactive ketones (excluding diaryl/α,β-unsaturated/α-hetero) is 1. The maximum atomic E-state index is 12.4. The Hall–Kier alpha value is -2.71. The minimum Gasteiger partial charge on any atom is -0.490 e. The molecular formula is C21H18ClNO6S. The molecule has 30 heavy (non-hydrogen) atoms. The number of hydrogen-bond acceptors (Lipinski definition) is 7. The van der Waals surface area contributed by atoms with E-state index in [1.807, 2.05) is 0 Å². The molecule has 2 aromatic rings. The maximum absolute atomic E-state index is 12.4. The van der Waals surface area contributed by atoms with Crippen molar-refractivity contribution in [2.75, 3.05) is 25.1 Å². The van der Waals surface area contributed by atoms with Gasteiger partial charge < -0.3 is 19.5 Å². The molecule has 0 aliphatic carbocycles. The summed E-state index contributed by atoms with van der Waals surface area (Å²) in [6.45, 7) is 0.655. The Morgan fingerprint density at radius 2 is 1.93 bits per heavy atom. The van der Waals surface area contributed by atoms with Gasteiger partial charge in [0.05, 0.1) is 30.6 Å². The number of benzene rings is 2. The smallest absolute Gasteiger partial charge is 0.307 e. The minimum absolute atomic E-state index is 0.146. The number of halogens is 1. The van der Waals surface area contributed by atoms with E-state index in [1.54, 1.807) is 36.4 Å². The summed E-state index contributed by atoms with van der Waals surface area (Å²) in [7, 11) is 0. The molecule has 4 rings (SSSR count). The highest BCUT2D eigenvalue weighted by molar-refractivity contribution is 8.01. The van der Waals surface area contributed by atoms with Crippen LogP contribution >= 0.6 is 23.4 Å². The highest BCUT2D eigenvalue weighted by Crippen LogP contribution is 2.38. The summed E-state index contributed by atoms with van der Waals surface area (Å²) in [6, 6.07) is 10.0. The Morgan fingerprint density at radius 3 is 2.77 bits per heavy atom. The zero-order valence-corrected chi connectivity index (χ0v) is 17.4. The summed E-state index contributed by atoms with van der Waals surface area (Å²) in [6.07, 6.45) is 0.618. The molecule has 0 saturated heterocycles. The first kappa shape index (κ1) is 20.6. The van der Waals surface area contributed by atoms with Crippen LogP contribution in [0.3, 0.4) is 0 Å². The van der Waals surface area contributed by atoms with Gasteiger partial charge in [0.15, 0.2) is 23.9 Å². The number of hydrogen-bond donors (Lipinski definition) is 1. The molecule has 2 aliphatic rings. The van der Waals surface area contributed by atoms with Crippen molar-refractivity contribution in [3.8, 4) is 11.5 Å². The van der Waals surface area contributed by atoms with E-state index in [0.717, 1.165) is 11.3 Å². The van der Waals surface area contributed by atoms with E-state index in [2.05, 4.69) is 5.32 Å². The first-order valence-electron chi connectivity index (χ1n) is 9.35. The lowest BCUT2D eigenvalue weighted by atomic mass is 10.1. The Morgan fingerprint density at radius 1 is 1.13 bits per heavy atom. The van der Waals surface area contributed by atoms with Crippen molar-refractivity contribution < 1.29 is 28.6 Å². The van der Waals surface area contributed by atoms with Crippen molar-refractivity contribution in [1.82, 2.24) is 0 Å². The number of nitrogens with one attached hydrogen (secondary N) is 1. The van der Waals surface area contributed by atoms with Crippen molar-refractivity contribution in [3.05, 3.63) is 47.0 Å². The van der Waals surface area contributed by atoms with Crippen LogP contribution in [0.2, 0.25) is 5.02 Å². The predicted octanol–water partition coefficient (Wildman–Crippen LogP) is 3.73. The Bertz CT molecular complexity index is 1010. The number of anilines is 1. The van der Waals surface area contributed by atoms with Gasteiger partial charge in [0.2, 0.25) is 5.91 Å². The fourth-order valence-corrected chi connectivity index (χ4v) is 4.28. The van der Waals surface area contributed by atoms with Gasteiger partial charge in [-0.05, 0) is 36.4 Å². The molecule has 1 unspecified atom stereocenters. The number of ether oxygens (including phenoxy) is 3. The number of carbonyl (C=O) groups excluding carboxylic acids is 3. The molecule has 2 heterocycles. The molecule has 1 atom stereocenters. The normalized spacial score (nSPS) is 17.4. The Labute approximate surface area is 182 Å². The van der Waals surface area contributed by atoms with Crippen molar-refractivity contribution >= 4 is 46.7 Å². The SMILES string of the molecule is O=C(CC1Sc2ccc(Cl)cc2NC1=O)OCC(=O)c1ccc2c(c1)OCCCO2. The monoisotopic (exact) mass is 447 g/mol. The third kappa shape index (κ3) is 4.71. The van der Waals surface area contributed by atoms with Gasteiger partial charge in [0, 0.05) is 21.9 Å². The lowest BCUT2D eigenvalue weighted by Gasteiger charge is -2.23. The average Bonchev–Trinajstić information content (AvgIpc) is 2.97. The molecule has 0 spiro atoms. The highest BCUT2D eigenvalue weighted by Gasteiger charge is 2.30. The second-order valence-electron chi connectivity index (χ2n) is 6.74. The van der Waals surface area contributed by atoms with Gasteiger partial charge in [-0.3, -0.25) is 14.4 Å². The van der Waals surface area contributed by atoms with E-state index in [9.17, 15) is 14.4 Å². The minimum atomic E-state index is -0.640. The van der Waals surface area contributed by atoms with Gasteiger partial charge in [-0.1, -0.05) is 11.6 Å². The Kier molecular flexibility index (Phi) is 6.15. The van der Waals surface area contributed by atoms with Crippen LogP contribution < -0.4 is 14.8 Å². The van der Waals surface area contributed by atoms with Crippen LogP contribution in [0.15, 0.2) is 41.3 Å². The molecule has 1 N–H and O–H groups in total. The summed E-state index contributed by atoms with van der Waals surface area (Å²) in [5, 5.41) is 2.61. The van der Waals surface area contributed by atoms with Crippen molar-refractivity contribution in [1.29, 1.82) is 0 Å². The number of ketones is 1. The summed E-state index contributed by atoms with van der Waals surface area (Å²) < 4.78 is 16.2. The van der Waals surface area contributed by atoms with Crippen LogP contribution in [0.25, 0.3) is 0 Å². The van der Waals surface area contributed by atoms with Gasteiger partial charge in [0.25, 0.3) is 0 Å².